The van der Waals surface area contributed by atoms with Crippen molar-refractivity contribution in [3.05, 3.63) is 59.7 Å². The number of carbonyl (C=O) groups excluding carboxylic acids is 2. The van der Waals surface area contributed by atoms with Gasteiger partial charge in [-0.05, 0) is 49.2 Å². The molecule has 0 bridgehead atoms. The predicted octanol–water partition coefficient (Wildman–Crippen LogP) is 3.90. The number of nitrogens with zero attached hydrogens (tertiary/aromatic N) is 1. The van der Waals surface area contributed by atoms with Crippen molar-refractivity contribution >= 4 is 23.6 Å². The Morgan fingerprint density at radius 3 is 2.48 bits per heavy atom. The van der Waals surface area contributed by atoms with Gasteiger partial charge in [0.2, 0.25) is 11.8 Å². The number of likely N-dealkylation sites (N-methyl/N-ethyl adjacent to an activating group) is 1. The van der Waals surface area contributed by atoms with E-state index < -0.39 is 0 Å². The third kappa shape index (κ3) is 6.99. The van der Waals surface area contributed by atoms with E-state index in [4.69, 9.17) is 9.47 Å². The van der Waals surface area contributed by atoms with Gasteiger partial charge in [-0.1, -0.05) is 30.7 Å². The SMILES string of the molecule is CCCOc1ccc(/C=C/C(=O)N(C)CC(=O)Nc2ccc(C)cc2)cc1OC. The minimum absolute atomic E-state index is 0.0375. The number of carbonyl (C=O) groups is 2. The number of aryl methyl sites for hydroxylation is 1. The van der Waals surface area contributed by atoms with Crippen molar-refractivity contribution in [2.75, 3.05) is 32.6 Å². The third-order valence-electron chi connectivity index (χ3n) is 4.16. The van der Waals surface area contributed by atoms with Gasteiger partial charge in [0.15, 0.2) is 11.5 Å². The largest absolute Gasteiger partial charge is 0.493 e. The van der Waals surface area contributed by atoms with Crippen LogP contribution >= 0.6 is 0 Å². The van der Waals surface area contributed by atoms with Crippen LogP contribution in [-0.4, -0.2) is 44.0 Å². The zero-order valence-electron chi connectivity index (χ0n) is 17.4. The van der Waals surface area contributed by atoms with Crippen LogP contribution in [0.25, 0.3) is 6.08 Å². The molecular formula is C23H28N2O4. The summed E-state index contributed by atoms with van der Waals surface area (Å²) in [5.74, 6) is 0.758. The monoisotopic (exact) mass is 396 g/mol. The van der Waals surface area contributed by atoms with Crippen molar-refractivity contribution in [2.45, 2.75) is 20.3 Å². The molecule has 2 aromatic carbocycles. The van der Waals surface area contributed by atoms with Gasteiger partial charge in [0.05, 0.1) is 20.3 Å². The molecule has 0 spiro atoms. The van der Waals surface area contributed by atoms with Crippen molar-refractivity contribution in [3.63, 3.8) is 0 Å². The third-order valence-corrected chi connectivity index (χ3v) is 4.16. The fraction of sp³-hybridized carbons (Fsp3) is 0.304. The minimum atomic E-state index is -0.269. The molecule has 1 N–H and O–H groups in total. The summed E-state index contributed by atoms with van der Waals surface area (Å²) < 4.78 is 11.0. The Kier molecular flexibility index (Phi) is 8.27. The van der Waals surface area contributed by atoms with E-state index >= 15 is 0 Å². The number of benzene rings is 2. The van der Waals surface area contributed by atoms with Gasteiger partial charge in [-0.25, -0.2) is 0 Å². The maximum absolute atomic E-state index is 12.3. The van der Waals surface area contributed by atoms with E-state index in [1.807, 2.05) is 50.2 Å². The van der Waals surface area contributed by atoms with Gasteiger partial charge in [0.25, 0.3) is 0 Å². The molecule has 29 heavy (non-hydrogen) atoms. The Morgan fingerprint density at radius 1 is 1.10 bits per heavy atom. The van der Waals surface area contributed by atoms with Crippen molar-refractivity contribution in [1.29, 1.82) is 0 Å². The van der Waals surface area contributed by atoms with Crippen LogP contribution in [0.15, 0.2) is 48.5 Å². The Bertz CT molecular complexity index is 860. The highest BCUT2D eigenvalue weighted by atomic mass is 16.5. The summed E-state index contributed by atoms with van der Waals surface area (Å²) in [5.41, 5.74) is 2.62. The van der Waals surface area contributed by atoms with Crippen molar-refractivity contribution < 1.29 is 19.1 Å². The molecule has 0 unspecified atom stereocenters. The average Bonchev–Trinajstić information content (AvgIpc) is 2.72. The number of rotatable bonds is 9. The van der Waals surface area contributed by atoms with Crippen LogP contribution in [0.4, 0.5) is 5.69 Å². The van der Waals surface area contributed by atoms with E-state index in [1.54, 1.807) is 26.3 Å². The van der Waals surface area contributed by atoms with E-state index in [2.05, 4.69) is 5.32 Å². The molecule has 0 radical (unpaired) electrons. The normalized spacial score (nSPS) is 10.6. The van der Waals surface area contributed by atoms with Gasteiger partial charge in [-0.2, -0.15) is 0 Å². The number of ether oxygens (including phenoxy) is 2. The summed E-state index contributed by atoms with van der Waals surface area (Å²) in [6, 6.07) is 13.0. The van der Waals surface area contributed by atoms with Gasteiger partial charge in [0, 0.05) is 18.8 Å². The Hall–Kier alpha value is -3.28. The number of anilines is 1. The lowest BCUT2D eigenvalue weighted by Gasteiger charge is -2.15. The maximum atomic E-state index is 12.3. The van der Waals surface area contributed by atoms with E-state index in [9.17, 15) is 9.59 Å². The van der Waals surface area contributed by atoms with Gasteiger partial charge < -0.3 is 19.7 Å². The smallest absolute Gasteiger partial charge is 0.246 e. The molecule has 2 aromatic rings. The predicted molar refractivity (Wildman–Crippen MR) is 115 cm³/mol. The van der Waals surface area contributed by atoms with E-state index in [1.165, 1.54) is 11.0 Å². The lowest BCUT2D eigenvalue weighted by molar-refractivity contribution is -0.129. The second kappa shape index (κ2) is 10.9. The molecule has 0 saturated carbocycles. The molecule has 0 aliphatic carbocycles. The standard InChI is InChI=1S/C23H28N2O4/c1-5-14-29-20-12-8-18(15-21(20)28-4)9-13-23(27)25(3)16-22(26)24-19-10-6-17(2)7-11-19/h6-13,15H,5,14,16H2,1-4H3,(H,24,26)/b13-9+. The Labute approximate surface area is 172 Å². The number of methoxy groups -OCH3 is 1. The summed E-state index contributed by atoms with van der Waals surface area (Å²) in [7, 11) is 3.16. The van der Waals surface area contributed by atoms with Gasteiger partial charge in [-0.3, -0.25) is 9.59 Å². The van der Waals surface area contributed by atoms with E-state index in [0.717, 1.165) is 17.5 Å². The molecule has 0 aromatic heterocycles. The Morgan fingerprint density at radius 2 is 1.83 bits per heavy atom. The summed E-state index contributed by atoms with van der Waals surface area (Å²) in [4.78, 5) is 25.8. The van der Waals surface area contributed by atoms with Crippen LogP contribution in [0.2, 0.25) is 0 Å². The van der Waals surface area contributed by atoms with Crippen molar-refractivity contribution in [3.8, 4) is 11.5 Å². The molecule has 0 atom stereocenters. The summed E-state index contributed by atoms with van der Waals surface area (Å²) >= 11 is 0. The van der Waals surface area contributed by atoms with Crippen LogP contribution in [-0.2, 0) is 9.59 Å². The molecule has 154 valence electrons. The molecule has 2 rings (SSSR count). The van der Waals surface area contributed by atoms with Crippen molar-refractivity contribution in [2.24, 2.45) is 0 Å². The highest BCUT2D eigenvalue weighted by molar-refractivity contribution is 5.97. The first-order valence-corrected chi connectivity index (χ1v) is 9.53. The summed E-state index contributed by atoms with van der Waals surface area (Å²) in [5, 5.41) is 2.78. The van der Waals surface area contributed by atoms with Crippen LogP contribution < -0.4 is 14.8 Å². The first kappa shape index (κ1) is 22.0. The number of hydrogen-bond donors (Lipinski definition) is 1. The number of nitrogens with one attached hydrogen (secondary N) is 1. The fourth-order valence-corrected chi connectivity index (χ4v) is 2.54. The quantitative estimate of drug-likeness (QED) is 0.653. The first-order valence-electron chi connectivity index (χ1n) is 9.53. The fourth-order valence-electron chi connectivity index (χ4n) is 2.54. The van der Waals surface area contributed by atoms with E-state index in [-0.39, 0.29) is 18.4 Å². The second-order valence-electron chi connectivity index (χ2n) is 6.70. The van der Waals surface area contributed by atoms with Crippen molar-refractivity contribution in [1.82, 2.24) is 4.90 Å². The molecular weight excluding hydrogens is 368 g/mol. The molecule has 6 heteroatoms. The van der Waals surface area contributed by atoms with Gasteiger partial charge in [0.1, 0.15) is 0 Å². The molecule has 0 fully saturated rings. The average molecular weight is 396 g/mol. The minimum Gasteiger partial charge on any atom is -0.493 e. The number of hydrogen-bond acceptors (Lipinski definition) is 4. The summed E-state index contributed by atoms with van der Waals surface area (Å²) in [6.45, 7) is 4.59. The van der Waals surface area contributed by atoms with Crippen LogP contribution in [0, 0.1) is 6.92 Å². The molecule has 0 heterocycles. The molecule has 0 saturated heterocycles. The molecule has 0 aliphatic rings. The molecule has 2 amide bonds. The number of amides is 2. The highest BCUT2D eigenvalue weighted by Crippen LogP contribution is 2.28. The molecule has 0 aliphatic heterocycles. The van der Waals surface area contributed by atoms with E-state index in [0.29, 0.717) is 23.8 Å². The van der Waals surface area contributed by atoms with Gasteiger partial charge >= 0.3 is 0 Å². The summed E-state index contributed by atoms with van der Waals surface area (Å²) in [6.07, 6.45) is 4.02. The lowest BCUT2D eigenvalue weighted by Crippen LogP contribution is -2.33. The van der Waals surface area contributed by atoms with Crippen LogP contribution in [0.3, 0.4) is 0 Å². The first-order chi connectivity index (χ1) is 13.9. The second-order valence-corrected chi connectivity index (χ2v) is 6.70. The topological polar surface area (TPSA) is 67.9 Å². The lowest BCUT2D eigenvalue weighted by atomic mass is 10.2. The zero-order valence-corrected chi connectivity index (χ0v) is 17.4. The zero-order chi connectivity index (χ0) is 21.2. The van der Waals surface area contributed by atoms with Crippen LogP contribution in [0.5, 0.6) is 11.5 Å². The van der Waals surface area contributed by atoms with Crippen LogP contribution in [0.1, 0.15) is 24.5 Å². The highest BCUT2D eigenvalue weighted by Gasteiger charge is 2.11. The molecule has 6 nitrogen and oxygen atoms in total. The van der Waals surface area contributed by atoms with Gasteiger partial charge in [-0.15, -0.1) is 0 Å². The maximum Gasteiger partial charge on any atom is 0.246 e. The Balaban J connectivity index is 1.93.